The summed E-state index contributed by atoms with van der Waals surface area (Å²) in [6.07, 6.45) is 1.85. The molecule has 0 saturated carbocycles. The fourth-order valence-electron chi connectivity index (χ4n) is 3.82. The molecule has 0 unspecified atom stereocenters. The van der Waals surface area contributed by atoms with Gasteiger partial charge < -0.3 is 14.7 Å². The number of hydrogen-bond donors (Lipinski definition) is 1. The number of rotatable bonds is 3. The average Bonchev–Trinajstić information content (AvgIpc) is 2.83. The molecule has 2 aliphatic rings. The normalized spacial score (nSPS) is 24.8. The van der Waals surface area contributed by atoms with Gasteiger partial charge in [0.15, 0.2) is 0 Å². The fourth-order valence-corrected chi connectivity index (χ4v) is 3.82. The zero-order valence-corrected chi connectivity index (χ0v) is 13.5. The van der Waals surface area contributed by atoms with Crippen molar-refractivity contribution < 1.29 is 14.6 Å². The number of carbonyl (C=O) groups is 1. The zero-order valence-electron chi connectivity index (χ0n) is 13.5. The lowest BCUT2D eigenvalue weighted by Crippen LogP contribution is -2.46. The summed E-state index contributed by atoms with van der Waals surface area (Å²) < 4.78 is 5.76. The van der Waals surface area contributed by atoms with Crippen LogP contribution in [-0.2, 0) is 9.53 Å². The highest BCUT2D eigenvalue weighted by Crippen LogP contribution is 2.28. The van der Waals surface area contributed by atoms with Gasteiger partial charge in [0.1, 0.15) is 5.82 Å². The minimum Gasteiger partial charge on any atom is -0.480 e. The summed E-state index contributed by atoms with van der Waals surface area (Å²) in [6, 6.07) is 10.4. The van der Waals surface area contributed by atoms with E-state index in [0.717, 1.165) is 30.8 Å². The van der Waals surface area contributed by atoms with Crippen molar-refractivity contribution in [2.24, 2.45) is 5.92 Å². The van der Waals surface area contributed by atoms with Gasteiger partial charge in [-0.2, -0.15) is 0 Å². The van der Waals surface area contributed by atoms with Crippen LogP contribution in [0.2, 0.25) is 0 Å². The molecule has 1 aromatic carbocycles. The van der Waals surface area contributed by atoms with Crippen molar-refractivity contribution in [1.82, 2.24) is 9.88 Å². The first-order valence-corrected chi connectivity index (χ1v) is 8.33. The van der Waals surface area contributed by atoms with E-state index in [9.17, 15) is 9.90 Å². The molecule has 0 radical (unpaired) electrons. The van der Waals surface area contributed by atoms with Crippen LogP contribution in [0.4, 0.5) is 5.82 Å². The number of carboxylic acid groups (broad SMARTS) is 1. The van der Waals surface area contributed by atoms with Crippen molar-refractivity contribution in [3.05, 3.63) is 36.5 Å². The topological polar surface area (TPSA) is 65.9 Å². The van der Waals surface area contributed by atoms with Gasteiger partial charge in [0.2, 0.25) is 0 Å². The molecule has 24 heavy (non-hydrogen) atoms. The number of ether oxygens (including phenoxy) is 1. The summed E-state index contributed by atoms with van der Waals surface area (Å²) in [5, 5.41) is 11.5. The van der Waals surface area contributed by atoms with Crippen LogP contribution in [-0.4, -0.2) is 66.4 Å². The standard InChI is InChI=1S/C18H21N3O3/c22-17(23)10-20-7-13-8-21(9-15(20)12-24-11-13)18-16-4-2-1-3-14(16)5-6-19-18/h1-6,13,15H,7-12H2,(H,22,23)/t13-,15+/m1/s1. The first-order valence-electron chi connectivity index (χ1n) is 8.33. The Morgan fingerprint density at radius 2 is 2.08 bits per heavy atom. The Kier molecular flexibility index (Phi) is 4.08. The number of hydrogen-bond acceptors (Lipinski definition) is 5. The highest BCUT2D eigenvalue weighted by Gasteiger charge is 2.34. The Bertz CT molecular complexity index is 746. The third-order valence-electron chi connectivity index (χ3n) is 4.87. The molecule has 0 aliphatic carbocycles. The first kappa shape index (κ1) is 15.4. The van der Waals surface area contributed by atoms with E-state index in [1.807, 2.05) is 29.3 Å². The van der Waals surface area contributed by atoms with Crippen LogP contribution in [0.15, 0.2) is 36.5 Å². The van der Waals surface area contributed by atoms with Gasteiger partial charge in [-0.25, -0.2) is 4.98 Å². The number of aromatic nitrogens is 1. The molecule has 4 rings (SSSR count). The molecule has 2 bridgehead atoms. The maximum absolute atomic E-state index is 11.2. The summed E-state index contributed by atoms with van der Waals surface area (Å²) in [7, 11) is 0. The largest absolute Gasteiger partial charge is 0.480 e. The Balaban J connectivity index is 1.68. The van der Waals surface area contributed by atoms with Gasteiger partial charge in [-0.1, -0.05) is 24.3 Å². The average molecular weight is 327 g/mol. The first-order chi connectivity index (χ1) is 11.7. The Morgan fingerprint density at radius 1 is 1.21 bits per heavy atom. The van der Waals surface area contributed by atoms with E-state index in [4.69, 9.17) is 4.74 Å². The maximum Gasteiger partial charge on any atom is 0.317 e. The molecular weight excluding hydrogens is 306 g/mol. The predicted molar refractivity (Wildman–Crippen MR) is 91.3 cm³/mol. The van der Waals surface area contributed by atoms with Crippen molar-refractivity contribution in [3.8, 4) is 0 Å². The van der Waals surface area contributed by atoms with Crippen LogP contribution in [0.5, 0.6) is 0 Å². The minimum absolute atomic E-state index is 0.0708. The van der Waals surface area contributed by atoms with Crippen LogP contribution in [0.1, 0.15) is 0 Å². The van der Waals surface area contributed by atoms with Crippen LogP contribution in [0, 0.1) is 5.92 Å². The van der Waals surface area contributed by atoms with Gasteiger partial charge in [0.05, 0.1) is 25.8 Å². The monoisotopic (exact) mass is 327 g/mol. The second kappa shape index (κ2) is 6.37. The molecule has 0 amide bonds. The Hall–Kier alpha value is -2.18. The minimum atomic E-state index is -0.780. The van der Waals surface area contributed by atoms with E-state index in [0.29, 0.717) is 13.2 Å². The van der Waals surface area contributed by atoms with Crippen molar-refractivity contribution in [2.45, 2.75) is 6.04 Å². The van der Waals surface area contributed by atoms with Crippen LogP contribution in [0.3, 0.4) is 0 Å². The van der Waals surface area contributed by atoms with E-state index in [1.54, 1.807) is 0 Å². The molecule has 6 nitrogen and oxygen atoms in total. The molecule has 1 aromatic heterocycles. The lowest BCUT2D eigenvalue weighted by Gasteiger charge is -2.31. The van der Waals surface area contributed by atoms with E-state index < -0.39 is 5.97 Å². The van der Waals surface area contributed by atoms with Gasteiger partial charge in [0.25, 0.3) is 0 Å². The van der Waals surface area contributed by atoms with E-state index in [1.165, 1.54) is 5.39 Å². The maximum atomic E-state index is 11.2. The summed E-state index contributed by atoms with van der Waals surface area (Å²) in [5.74, 6) is 0.497. The van der Waals surface area contributed by atoms with Crippen LogP contribution in [0.25, 0.3) is 10.8 Å². The molecular formula is C18H21N3O3. The van der Waals surface area contributed by atoms with E-state index >= 15 is 0 Å². The molecule has 126 valence electrons. The molecule has 2 aliphatic heterocycles. The number of carboxylic acids is 1. The highest BCUT2D eigenvalue weighted by atomic mass is 16.5. The Labute approximate surface area is 140 Å². The number of benzene rings is 1. The van der Waals surface area contributed by atoms with Crippen molar-refractivity contribution in [2.75, 3.05) is 44.3 Å². The van der Waals surface area contributed by atoms with Gasteiger partial charge in [0, 0.05) is 37.1 Å². The van der Waals surface area contributed by atoms with Gasteiger partial charge >= 0.3 is 5.97 Å². The van der Waals surface area contributed by atoms with Crippen LogP contribution < -0.4 is 4.90 Å². The molecule has 2 saturated heterocycles. The van der Waals surface area contributed by atoms with Gasteiger partial charge in [-0.3, -0.25) is 9.69 Å². The molecule has 2 aromatic rings. The van der Waals surface area contributed by atoms with Gasteiger partial charge in [-0.05, 0) is 11.5 Å². The summed E-state index contributed by atoms with van der Waals surface area (Å²) >= 11 is 0. The number of aliphatic carboxylic acids is 1. The van der Waals surface area contributed by atoms with Gasteiger partial charge in [-0.15, -0.1) is 0 Å². The predicted octanol–water partition coefficient (Wildman–Crippen LogP) is 1.46. The lowest BCUT2D eigenvalue weighted by molar-refractivity contribution is -0.138. The Morgan fingerprint density at radius 3 is 2.96 bits per heavy atom. The second-order valence-corrected chi connectivity index (χ2v) is 6.64. The van der Waals surface area contributed by atoms with Crippen LogP contribution >= 0.6 is 0 Å². The molecule has 0 spiro atoms. The summed E-state index contributed by atoms with van der Waals surface area (Å²) in [6.45, 7) is 3.66. The molecule has 2 fully saturated rings. The zero-order chi connectivity index (χ0) is 16.5. The lowest BCUT2D eigenvalue weighted by atomic mass is 10.1. The number of anilines is 1. The SMILES string of the molecule is O=C(O)CN1C[C@H]2COC[C@@H]1CN(c1nccc3ccccc13)C2. The number of nitrogens with zero attached hydrogens (tertiary/aromatic N) is 3. The summed E-state index contributed by atoms with van der Waals surface area (Å²) in [5.41, 5.74) is 0. The fraction of sp³-hybridized carbons (Fsp3) is 0.444. The van der Waals surface area contributed by atoms with Crippen molar-refractivity contribution >= 4 is 22.6 Å². The van der Waals surface area contributed by atoms with E-state index in [2.05, 4.69) is 22.0 Å². The summed E-state index contributed by atoms with van der Waals surface area (Å²) in [4.78, 5) is 20.2. The molecule has 1 N–H and O–H groups in total. The van der Waals surface area contributed by atoms with E-state index in [-0.39, 0.29) is 18.5 Å². The highest BCUT2D eigenvalue weighted by molar-refractivity contribution is 5.92. The molecule has 3 heterocycles. The molecule has 6 heteroatoms. The second-order valence-electron chi connectivity index (χ2n) is 6.64. The molecule has 2 atom stereocenters. The third-order valence-corrected chi connectivity index (χ3v) is 4.87. The smallest absolute Gasteiger partial charge is 0.317 e. The van der Waals surface area contributed by atoms with Crippen molar-refractivity contribution in [1.29, 1.82) is 0 Å². The number of fused-ring (bicyclic) bond motifs is 4. The quantitative estimate of drug-likeness (QED) is 0.921. The van der Waals surface area contributed by atoms with Crippen molar-refractivity contribution in [3.63, 3.8) is 0 Å². The number of pyridine rings is 1. The third kappa shape index (κ3) is 2.95.